The second-order valence-electron chi connectivity index (χ2n) is 7.03. The van der Waals surface area contributed by atoms with E-state index in [1.165, 1.54) is 5.69 Å². The van der Waals surface area contributed by atoms with Crippen molar-refractivity contribution in [3.05, 3.63) is 52.4 Å². The van der Waals surface area contributed by atoms with Crippen LogP contribution in [0.1, 0.15) is 30.0 Å². The molecule has 0 atom stereocenters. The van der Waals surface area contributed by atoms with Gasteiger partial charge in [0.2, 0.25) is 0 Å². The lowest BCUT2D eigenvalue weighted by molar-refractivity contribution is 0.0775. The average Bonchev–Trinajstić information content (AvgIpc) is 3.06. The van der Waals surface area contributed by atoms with Crippen molar-refractivity contribution in [1.82, 2.24) is 9.80 Å². The van der Waals surface area contributed by atoms with Crippen molar-refractivity contribution in [3.63, 3.8) is 0 Å². The van der Waals surface area contributed by atoms with Gasteiger partial charge in [-0.05, 0) is 66.2 Å². The summed E-state index contributed by atoms with van der Waals surface area (Å²) in [5.74, 6) is 0.751. The molecule has 6 heteroatoms. The van der Waals surface area contributed by atoms with Gasteiger partial charge in [-0.25, -0.2) is 0 Å². The van der Waals surface area contributed by atoms with Crippen molar-refractivity contribution in [3.8, 4) is 0 Å². The van der Waals surface area contributed by atoms with Crippen molar-refractivity contribution in [2.45, 2.75) is 26.4 Å². The average molecular weight is 420 g/mol. The van der Waals surface area contributed by atoms with Crippen LogP contribution in [0.4, 0.5) is 5.69 Å². The molecular weight excluding hydrogens is 394 g/mol. The van der Waals surface area contributed by atoms with E-state index in [2.05, 4.69) is 51.7 Å². The molecule has 5 nitrogen and oxygen atoms in total. The molecule has 1 aromatic carbocycles. The number of benzene rings is 1. The monoisotopic (exact) mass is 419 g/mol. The number of nitrogens with zero attached hydrogens (tertiary/aromatic N) is 3. The molecule has 0 saturated carbocycles. The van der Waals surface area contributed by atoms with E-state index in [-0.39, 0.29) is 5.91 Å². The molecule has 0 radical (unpaired) electrons. The maximum Gasteiger partial charge on any atom is 0.254 e. The van der Waals surface area contributed by atoms with Crippen molar-refractivity contribution in [1.29, 1.82) is 0 Å². The topological polar surface area (TPSA) is 39.9 Å². The molecule has 26 heavy (non-hydrogen) atoms. The summed E-state index contributed by atoms with van der Waals surface area (Å²) < 4.78 is 6.15. The Kier molecular flexibility index (Phi) is 6.04. The van der Waals surface area contributed by atoms with Gasteiger partial charge in [0.15, 0.2) is 4.67 Å². The van der Waals surface area contributed by atoms with Gasteiger partial charge in [-0.1, -0.05) is 0 Å². The third-order valence-electron chi connectivity index (χ3n) is 4.89. The smallest absolute Gasteiger partial charge is 0.254 e. The highest BCUT2D eigenvalue weighted by atomic mass is 79.9. The van der Waals surface area contributed by atoms with E-state index in [1.54, 1.807) is 11.9 Å². The van der Waals surface area contributed by atoms with Gasteiger partial charge < -0.3 is 14.2 Å². The molecule has 0 bridgehead atoms. The first-order chi connectivity index (χ1) is 12.4. The fraction of sp³-hybridized carbons (Fsp3) is 0.450. The zero-order valence-electron chi connectivity index (χ0n) is 15.6. The second kappa shape index (κ2) is 8.27. The summed E-state index contributed by atoms with van der Waals surface area (Å²) in [7, 11) is 1.79. The molecular formula is C20H26BrN3O2. The molecule has 2 heterocycles. The van der Waals surface area contributed by atoms with Crippen LogP contribution in [-0.4, -0.2) is 55.0 Å². The van der Waals surface area contributed by atoms with Crippen LogP contribution >= 0.6 is 15.9 Å². The molecule has 0 aliphatic carbocycles. The number of amides is 1. The maximum absolute atomic E-state index is 12.6. The zero-order valence-corrected chi connectivity index (χ0v) is 17.2. The Morgan fingerprint density at radius 1 is 1.12 bits per heavy atom. The summed E-state index contributed by atoms with van der Waals surface area (Å²) in [6.45, 7) is 9.16. The van der Waals surface area contributed by atoms with Crippen LogP contribution in [-0.2, 0) is 6.54 Å². The molecule has 0 N–H and O–H groups in total. The first-order valence-corrected chi connectivity index (χ1v) is 9.82. The number of hydrogen-bond donors (Lipinski definition) is 0. The minimum Gasteiger partial charge on any atom is -0.452 e. The van der Waals surface area contributed by atoms with E-state index in [4.69, 9.17) is 4.42 Å². The number of rotatable bonds is 5. The Labute approximate surface area is 163 Å². The van der Waals surface area contributed by atoms with Gasteiger partial charge in [0.1, 0.15) is 5.76 Å². The van der Waals surface area contributed by atoms with Gasteiger partial charge in [-0.2, -0.15) is 0 Å². The molecule has 1 fully saturated rings. The third kappa shape index (κ3) is 4.48. The first kappa shape index (κ1) is 19.0. The van der Waals surface area contributed by atoms with Crippen LogP contribution in [0.2, 0.25) is 0 Å². The number of anilines is 1. The molecule has 3 rings (SSSR count). The number of furan rings is 1. The molecule has 2 aromatic rings. The fourth-order valence-electron chi connectivity index (χ4n) is 3.27. The minimum atomic E-state index is -0.00583. The summed E-state index contributed by atoms with van der Waals surface area (Å²) in [5, 5.41) is 0. The number of carbonyl (C=O) groups is 1. The largest absolute Gasteiger partial charge is 0.452 e. The quantitative estimate of drug-likeness (QED) is 0.737. The molecule has 1 aliphatic heterocycles. The molecule has 1 saturated heterocycles. The van der Waals surface area contributed by atoms with Gasteiger partial charge in [0.25, 0.3) is 5.91 Å². The molecule has 1 amide bonds. The summed E-state index contributed by atoms with van der Waals surface area (Å²) in [4.78, 5) is 19.2. The van der Waals surface area contributed by atoms with Crippen molar-refractivity contribution < 1.29 is 9.21 Å². The highest BCUT2D eigenvalue weighted by Gasteiger charge is 2.19. The summed E-state index contributed by atoms with van der Waals surface area (Å²) in [6.07, 6.45) is 0. The van der Waals surface area contributed by atoms with Crippen molar-refractivity contribution in [2.75, 3.05) is 38.1 Å². The van der Waals surface area contributed by atoms with Crippen LogP contribution < -0.4 is 4.90 Å². The lowest BCUT2D eigenvalue weighted by Crippen LogP contribution is -2.48. The lowest BCUT2D eigenvalue weighted by Gasteiger charge is -2.38. The normalized spacial score (nSPS) is 15.5. The number of carbonyl (C=O) groups excluding carboxylic acids is 1. The maximum atomic E-state index is 12.6. The van der Waals surface area contributed by atoms with Crippen LogP contribution in [0, 0.1) is 0 Å². The van der Waals surface area contributed by atoms with Gasteiger partial charge in [0.05, 0.1) is 6.54 Å². The van der Waals surface area contributed by atoms with Gasteiger partial charge >= 0.3 is 0 Å². The van der Waals surface area contributed by atoms with E-state index >= 15 is 0 Å². The highest BCUT2D eigenvalue weighted by Crippen LogP contribution is 2.20. The van der Waals surface area contributed by atoms with E-state index in [1.807, 2.05) is 24.3 Å². The third-order valence-corrected chi connectivity index (χ3v) is 5.32. The standard InChI is InChI=1S/C20H26BrN3O2/c1-15(2)23-10-12-24(13-11-23)17-6-4-16(5-7-17)20(25)22(3)14-18-8-9-19(21)26-18/h4-9,15H,10-14H2,1-3H3. The van der Waals surface area contributed by atoms with Gasteiger partial charge in [0, 0.05) is 50.5 Å². The molecule has 1 aromatic heterocycles. The van der Waals surface area contributed by atoms with Crippen LogP contribution in [0.25, 0.3) is 0 Å². The number of piperazine rings is 1. The Bertz CT molecular complexity index is 734. The predicted octanol–water partition coefficient (Wildman–Crippen LogP) is 3.84. The molecule has 0 spiro atoms. The first-order valence-electron chi connectivity index (χ1n) is 9.03. The minimum absolute atomic E-state index is 0.00583. The number of halogens is 1. The zero-order chi connectivity index (χ0) is 18.7. The highest BCUT2D eigenvalue weighted by molar-refractivity contribution is 9.10. The summed E-state index contributed by atoms with van der Waals surface area (Å²) in [5.41, 5.74) is 1.88. The van der Waals surface area contributed by atoms with Crippen LogP contribution in [0.3, 0.4) is 0 Å². The van der Waals surface area contributed by atoms with E-state index in [0.717, 1.165) is 31.9 Å². The van der Waals surface area contributed by atoms with E-state index < -0.39 is 0 Å². The molecule has 140 valence electrons. The SMILES string of the molecule is CC(C)N1CCN(c2ccc(C(=O)N(C)Cc3ccc(Br)o3)cc2)CC1. The Balaban J connectivity index is 1.59. The Morgan fingerprint density at radius 2 is 1.77 bits per heavy atom. The molecule has 1 aliphatic rings. The summed E-state index contributed by atoms with van der Waals surface area (Å²) in [6, 6.07) is 12.2. The summed E-state index contributed by atoms with van der Waals surface area (Å²) >= 11 is 3.28. The van der Waals surface area contributed by atoms with Crippen molar-refractivity contribution in [2.24, 2.45) is 0 Å². The van der Waals surface area contributed by atoms with E-state index in [9.17, 15) is 4.79 Å². The fourth-order valence-corrected chi connectivity index (χ4v) is 3.61. The second-order valence-corrected chi connectivity index (χ2v) is 7.81. The molecule has 0 unspecified atom stereocenters. The van der Waals surface area contributed by atoms with Gasteiger partial charge in [-0.3, -0.25) is 9.69 Å². The Morgan fingerprint density at radius 3 is 2.31 bits per heavy atom. The predicted molar refractivity (Wildman–Crippen MR) is 108 cm³/mol. The lowest BCUT2D eigenvalue weighted by atomic mass is 10.1. The van der Waals surface area contributed by atoms with Crippen LogP contribution in [0.15, 0.2) is 45.5 Å². The Hall–Kier alpha value is -1.79. The van der Waals surface area contributed by atoms with E-state index in [0.29, 0.717) is 22.8 Å². The van der Waals surface area contributed by atoms with Gasteiger partial charge in [-0.15, -0.1) is 0 Å². The van der Waals surface area contributed by atoms with Crippen LogP contribution in [0.5, 0.6) is 0 Å². The van der Waals surface area contributed by atoms with Crippen molar-refractivity contribution >= 4 is 27.5 Å². The number of hydrogen-bond acceptors (Lipinski definition) is 4.